The second-order valence-corrected chi connectivity index (χ2v) is 4.45. The third-order valence-electron chi connectivity index (χ3n) is 2.98. The summed E-state index contributed by atoms with van der Waals surface area (Å²) < 4.78 is 0. The van der Waals surface area contributed by atoms with Gasteiger partial charge in [-0.15, -0.1) is 5.10 Å². The number of hydrogen-bond acceptors (Lipinski definition) is 4. The number of nitrogens with zero attached hydrogens (tertiary/aromatic N) is 3. The molecular formula is C16H13N3O2. The van der Waals surface area contributed by atoms with Crippen LogP contribution < -0.4 is 4.84 Å². The number of carbonyl (C=O) groups is 1. The average molecular weight is 279 g/mol. The molecule has 3 aromatic rings. The van der Waals surface area contributed by atoms with E-state index >= 15 is 0 Å². The van der Waals surface area contributed by atoms with E-state index in [-0.39, 0.29) is 5.78 Å². The van der Waals surface area contributed by atoms with Gasteiger partial charge in [-0.25, -0.2) is 0 Å². The number of hydrogen-bond donors (Lipinski definition) is 0. The van der Waals surface area contributed by atoms with Gasteiger partial charge in [0.2, 0.25) is 5.78 Å². The molecule has 5 nitrogen and oxygen atoms in total. The Morgan fingerprint density at radius 3 is 2.38 bits per heavy atom. The number of aromatic nitrogens is 3. The Morgan fingerprint density at radius 2 is 1.67 bits per heavy atom. The van der Waals surface area contributed by atoms with Gasteiger partial charge in [0.25, 0.3) is 0 Å². The quantitative estimate of drug-likeness (QED) is 0.671. The molecule has 0 atom stereocenters. The van der Waals surface area contributed by atoms with Crippen LogP contribution in [-0.2, 0) is 6.61 Å². The zero-order chi connectivity index (χ0) is 14.5. The van der Waals surface area contributed by atoms with Crippen molar-refractivity contribution in [2.75, 3.05) is 0 Å². The Bertz CT molecular complexity index is 724. The molecule has 104 valence electrons. The van der Waals surface area contributed by atoms with Crippen LogP contribution in [0.15, 0.2) is 66.9 Å². The van der Waals surface area contributed by atoms with Gasteiger partial charge >= 0.3 is 0 Å². The van der Waals surface area contributed by atoms with Gasteiger partial charge in [-0.3, -0.25) is 4.79 Å². The molecule has 0 saturated heterocycles. The fourth-order valence-electron chi connectivity index (χ4n) is 1.91. The monoisotopic (exact) mass is 279 g/mol. The predicted octanol–water partition coefficient (Wildman–Crippen LogP) is 2.14. The van der Waals surface area contributed by atoms with Gasteiger partial charge in [0, 0.05) is 5.56 Å². The summed E-state index contributed by atoms with van der Waals surface area (Å²) in [5.74, 6) is -0.173. The molecule has 1 heterocycles. The summed E-state index contributed by atoms with van der Waals surface area (Å²) in [5, 5.41) is 7.55. The molecular weight excluding hydrogens is 266 g/mol. The van der Waals surface area contributed by atoms with Gasteiger partial charge in [0.05, 0.1) is 6.20 Å². The number of carbonyl (C=O) groups excluding carboxylic acids is 1. The summed E-state index contributed by atoms with van der Waals surface area (Å²) in [4.78, 5) is 19.1. The van der Waals surface area contributed by atoms with Crippen LogP contribution in [0.5, 0.6) is 0 Å². The van der Waals surface area contributed by atoms with Crippen LogP contribution in [0.4, 0.5) is 0 Å². The third-order valence-corrected chi connectivity index (χ3v) is 2.98. The lowest BCUT2D eigenvalue weighted by molar-refractivity contribution is 0.0578. The Labute approximate surface area is 121 Å². The molecule has 0 amide bonds. The second-order valence-electron chi connectivity index (χ2n) is 4.45. The van der Waals surface area contributed by atoms with E-state index in [1.807, 2.05) is 48.5 Å². The van der Waals surface area contributed by atoms with Crippen LogP contribution >= 0.6 is 0 Å². The summed E-state index contributed by atoms with van der Waals surface area (Å²) in [6, 6.07) is 18.6. The lowest BCUT2D eigenvalue weighted by Gasteiger charge is -2.07. The van der Waals surface area contributed by atoms with Gasteiger partial charge in [-0.05, 0) is 10.8 Å². The topological polar surface area (TPSA) is 57.0 Å². The van der Waals surface area contributed by atoms with Crippen LogP contribution in [0.2, 0.25) is 0 Å². The first-order valence-electron chi connectivity index (χ1n) is 6.52. The lowest BCUT2D eigenvalue weighted by atomic mass is 10.1. The fourth-order valence-corrected chi connectivity index (χ4v) is 1.91. The highest BCUT2D eigenvalue weighted by Gasteiger charge is 2.16. The van der Waals surface area contributed by atoms with E-state index in [1.54, 1.807) is 12.1 Å². The Balaban J connectivity index is 1.77. The fraction of sp³-hybridized carbons (Fsp3) is 0.0625. The van der Waals surface area contributed by atoms with Gasteiger partial charge in [-0.2, -0.15) is 0 Å². The lowest BCUT2D eigenvalue weighted by Crippen LogP contribution is -2.19. The highest BCUT2D eigenvalue weighted by molar-refractivity contribution is 6.07. The molecule has 1 aromatic heterocycles. The largest absolute Gasteiger partial charge is 0.390 e. The number of ketones is 1. The summed E-state index contributed by atoms with van der Waals surface area (Å²) in [6.45, 7) is 0.319. The van der Waals surface area contributed by atoms with Crippen LogP contribution in [0.3, 0.4) is 0 Å². The van der Waals surface area contributed by atoms with Crippen molar-refractivity contribution in [2.24, 2.45) is 0 Å². The van der Waals surface area contributed by atoms with E-state index in [2.05, 4.69) is 10.3 Å². The highest BCUT2D eigenvalue weighted by atomic mass is 16.7. The maximum atomic E-state index is 12.4. The van der Waals surface area contributed by atoms with E-state index < -0.39 is 0 Å². The van der Waals surface area contributed by atoms with Crippen molar-refractivity contribution in [3.63, 3.8) is 0 Å². The molecule has 0 fully saturated rings. The van der Waals surface area contributed by atoms with Crippen molar-refractivity contribution in [3.05, 3.63) is 83.7 Å². The normalized spacial score (nSPS) is 10.3. The predicted molar refractivity (Wildman–Crippen MR) is 76.6 cm³/mol. The summed E-state index contributed by atoms with van der Waals surface area (Å²) in [7, 11) is 0. The first kappa shape index (κ1) is 13.1. The molecule has 0 radical (unpaired) electrons. The van der Waals surface area contributed by atoms with E-state index in [9.17, 15) is 4.79 Å². The summed E-state index contributed by atoms with van der Waals surface area (Å²) in [5.41, 5.74) is 1.87. The minimum atomic E-state index is -0.173. The zero-order valence-corrected chi connectivity index (χ0v) is 11.2. The molecule has 0 aliphatic carbocycles. The van der Waals surface area contributed by atoms with Crippen molar-refractivity contribution in [3.8, 4) is 0 Å². The summed E-state index contributed by atoms with van der Waals surface area (Å²) >= 11 is 0. The smallest absolute Gasteiger partial charge is 0.216 e. The molecule has 0 saturated carbocycles. The maximum absolute atomic E-state index is 12.4. The van der Waals surface area contributed by atoms with Crippen molar-refractivity contribution in [1.82, 2.24) is 15.2 Å². The van der Waals surface area contributed by atoms with E-state index in [0.717, 1.165) is 5.56 Å². The molecule has 5 heteroatoms. The highest BCUT2D eigenvalue weighted by Crippen LogP contribution is 2.08. The van der Waals surface area contributed by atoms with Crippen molar-refractivity contribution in [2.45, 2.75) is 6.61 Å². The van der Waals surface area contributed by atoms with Crippen molar-refractivity contribution in [1.29, 1.82) is 0 Å². The molecule has 0 aliphatic heterocycles. The number of benzene rings is 2. The zero-order valence-electron chi connectivity index (χ0n) is 11.2. The van der Waals surface area contributed by atoms with Crippen LogP contribution in [-0.4, -0.2) is 20.9 Å². The molecule has 0 N–H and O–H groups in total. The Hall–Kier alpha value is -2.95. The Kier molecular flexibility index (Phi) is 3.73. The average Bonchev–Trinajstić information content (AvgIpc) is 3.02. The molecule has 0 bridgehead atoms. The SMILES string of the molecule is O=C(c1ccccc1)c1cnnn1OCc1ccccc1. The van der Waals surface area contributed by atoms with Gasteiger partial charge in [-0.1, -0.05) is 65.5 Å². The molecule has 0 unspecified atom stereocenters. The molecule has 0 spiro atoms. The molecule has 3 rings (SSSR count). The molecule has 0 aliphatic rings. The number of rotatable bonds is 5. The van der Waals surface area contributed by atoms with E-state index in [0.29, 0.717) is 17.9 Å². The summed E-state index contributed by atoms with van der Waals surface area (Å²) in [6.07, 6.45) is 1.40. The minimum Gasteiger partial charge on any atom is -0.390 e. The second kappa shape index (κ2) is 6.00. The van der Waals surface area contributed by atoms with Gasteiger partial charge in [0.1, 0.15) is 6.61 Å². The molecule has 2 aromatic carbocycles. The van der Waals surface area contributed by atoms with Crippen LogP contribution in [0.25, 0.3) is 0 Å². The first-order chi connectivity index (χ1) is 10.3. The third kappa shape index (κ3) is 2.97. The maximum Gasteiger partial charge on any atom is 0.216 e. The standard InChI is InChI=1S/C16H13N3O2/c20-16(14-9-5-2-6-10-14)15-11-17-18-19(15)21-12-13-7-3-1-4-8-13/h1-11H,12H2. The van der Waals surface area contributed by atoms with Crippen LogP contribution in [0, 0.1) is 0 Å². The van der Waals surface area contributed by atoms with Crippen LogP contribution in [0.1, 0.15) is 21.6 Å². The molecule has 21 heavy (non-hydrogen) atoms. The minimum absolute atomic E-state index is 0.173. The van der Waals surface area contributed by atoms with Crippen molar-refractivity contribution < 1.29 is 9.63 Å². The van der Waals surface area contributed by atoms with E-state index in [4.69, 9.17) is 4.84 Å². The Morgan fingerprint density at radius 1 is 1.00 bits per heavy atom. The van der Waals surface area contributed by atoms with Crippen molar-refractivity contribution >= 4 is 5.78 Å². The van der Waals surface area contributed by atoms with Gasteiger partial charge in [0.15, 0.2) is 5.69 Å². The van der Waals surface area contributed by atoms with E-state index in [1.165, 1.54) is 11.0 Å². The van der Waals surface area contributed by atoms with Gasteiger partial charge < -0.3 is 4.84 Å². The first-order valence-corrected chi connectivity index (χ1v) is 6.52.